The number of rotatable bonds is 8. The van der Waals surface area contributed by atoms with E-state index in [1.807, 2.05) is 30.3 Å². The van der Waals surface area contributed by atoms with E-state index in [0.717, 1.165) is 29.9 Å². The minimum atomic E-state index is -0.757. The molecule has 0 aliphatic carbocycles. The van der Waals surface area contributed by atoms with Crippen molar-refractivity contribution < 1.29 is 24.3 Å². The van der Waals surface area contributed by atoms with E-state index >= 15 is 0 Å². The maximum Gasteiger partial charge on any atom is 0.443 e. The summed E-state index contributed by atoms with van der Waals surface area (Å²) in [5, 5.41) is 10.0. The molecule has 0 spiro atoms. The Morgan fingerprint density at radius 3 is 2.52 bits per heavy atom. The van der Waals surface area contributed by atoms with Gasteiger partial charge in [-0.1, -0.05) is 56.5 Å². The number of ether oxygens (including phenoxy) is 1. The van der Waals surface area contributed by atoms with Gasteiger partial charge in [-0.15, -0.1) is 5.06 Å². The van der Waals surface area contributed by atoms with Gasteiger partial charge in [-0.3, -0.25) is 0 Å². The van der Waals surface area contributed by atoms with E-state index in [4.69, 9.17) is 9.57 Å². The predicted molar refractivity (Wildman–Crippen MR) is 85.2 cm³/mol. The first-order valence-corrected chi connectivity index (χ1v) is 7.85. The normalized spacial score (nSPS) is 11.6. The molecule has 0 radical (unpaired) electrons. The summed E-state index contributed by atoms with van der Waals surface area (Å²) >= 11 is 0. The molecule has 6 heteroatoms. The maximum atomic E-state index is 11.9. The first kappa shape index (κ1) is 19.0. The second kappa shape index (κ2) is 10.6. The van der Waals surface area contributed by atoms with Crippen molar-refractivity contribution in [2.24, 2.45) is 5.92 Å². The Kier molecular flexibility index (Phi) is 8.75. The molecular formula is C17H25NO5. The number of hydroxylamine groups is 2. The number of hydrogen-bond acceptors (Lipinski definition) is 5. The highest BCUT2D eigenvalue weighted by molar-refractivity contribution is 5.75. The zero-order chi connectivity index (χ0) is 17.1. The van der Waals surface area contributed by atoms with Crippen molar-refractivity contribution in [3.8, 4) is 0 Å². The van der Waals surface area contributed by atoms with Crippen molar-refractivity contribution in [1.82, 2.24) is 5.06 Å². The number of amides is 1. The molecule has 6 nitrogen and oxygen atoms in total. The van der Waals surface area contributed by atoms with E-state index in [1.165, 1.54) is 7.05 Å². The van der Waals surface area contributed by atoms with Gasteiger partial charge in [0.15, 0.2) is 0 Å². The second-order valence-electron chi connectivity index (χ2n) is 5.32. The van der Waals surface area contributed by atoms with Gasteiger partial charge in [0.05, 0.1) is 19.6 Å². The fourth-order valence-electron chi connectivity index (χ4n) is 1.98. The highest BCUT2D eigenvalue weighted by atomic mass is 16.7. The smallest absolute Gasteiger partial charge is 0.442 e. The third kappa shape index (κ3) is 7.15. The molecule has 23 heavy (non-hydrogen) atoms. The first-order chi connectivity index (χ1) is 11.1. The van der Waals surface area contributed by atoms with Crippen molar-refractivity contribution in [3.63, 3.8) is 0 Å². The average Bonchev–Trinajstić information content (AvgIpc) is 2.57. The van der Waals surface area contributed by atoms with E-state index in [1.54, 1.807) is 0 Å². The summed E-state index contributed by atoms with van der Waals surface area (Å²) in [6.45, 7) is 1.86. The van der Waals surface area contributed by atoms with Crippen LogP contribution in [0.15, 0.2) is 30.3 Å². The lowest BCUT2D eigenvalue weighted by atomic mass is 10.0. The van der Waals surface area contributed by atoms with Crippen LogP contribution in [0.1, 0.15) is 38.2 Å². The molecule has 0 heterocycles. The summed E-state index contributed by atoms with van der Waals surface area (Å²) < 4.78 is 5.05. The summed E-state index contributed by atoms with van der Waals surface area (Å²) in [6.07, 6.45) is 2.62. The lowest BCUT2D eigenvalue weighted by Gasteiger charge is -2.19. The van der Waals surface area contributed by atoms with Crippen LogP contribution in [0.4, 0.5) is 4.79 Å². The SMILES string of the molecule is CCCCCC(CO)C(=O)ON(C)C(=O)OCc1ccccc1. The van der Waals surface area contributed by atoms with Crippen LogP contribution < -0.4 is 0 Å². The molecule has 0 fully saturated rings. The molecule has 1 unspecified atom stereocenters. The third-order valence-corrected chi connectivity index (χ3v) is 3.40. The second-order valence-corrected chi connectivity index (χ2v) is 5.32. The molecule has 1 aromatic rings. The first-order valence-electron chi connectivity index (χ1n) is 7.85. The van der Waals surface area contributed by atoms with Crippen LogP contribution >= 0.6 is 0 Å². The molecule has 0 saturated heterocycles. The van der Waals surface area contributed by atoms with Crippen LogP contribution in [0.5, 0.6) is 0 Å². The number of benzene rings is 1. The van der Waals surface area contributed by atoms with Gasteiger partial charge < -0.3 is 14.7 Å². The van der Waals surface area contributed by atoms with Gasteiger partial charge in [0.1, 0.15) is 6.61 Å². The van der Waals surface area contributed by atoms with Crippen LogP contribution in [0, 0.1) is 5.92 Å². The minimum absolute atomic E-state index is 0.0987. The fraction of sp³-hybridized carbons (Fsp3) is 0.529. The van der Waals surface area contributed by atoms with Gasteiger partial charge in [0.25, 0.3) is 0 Å². The van der Waals surface area contributed by atoms with Crippen molar-refractivity contribution in [3.05, 3.63) is 35.9 Å². The minimum Gasteiger partial charge on any atom is -0.442 e. The van der Waals surface area contributed by atoms with Crippen LogP contribution in [0.3, 0.4) is 0 Å². The van der Waals surface area contributed by atoms with Crippen molar-refractivity contribution in [2.45, 2.75) is 39.2 Å². The molecule has 0 aliphatic rings. The number of aliphatic hydroxyl groups excluding tert-OH is 1. The van der Waals surface area contributed by atoms with Crippen molar-refractivity contribution >= 4 is 12.1 Å². The number of aliphatic hydroxyl groups is 1. The largest absolute Gasteiger partial charge is 0.443 e. The molecule has 1 atom stereocenters. The molecule has 1 N–H and O–H groups in total. The molecule has 0 saturated carbocycles. The monoisotopic (exact) mass is 323 g/mol. The van der Waals surface area contributed by atoms with Crippen LogP contribution in [-0.4, -0.2) is 35.9 Å². The average molecular weight is 323 g/mol. The van der Waals surface area contributed by atoms with E-state index in [2.05, 4.69) is 6.92 Å². The Morgan fingerprint density at radius 2 is 1.91 bits per heavy atom. The number of nitrogens with zero attached hydrogens (tertiary/aromatic N) is 1. The quantitative estimate of drug-likeness (QED) is 0.588. The van der Waals surface area contributed by atoms with E-state index < -0.39 is 18.0 Å². The summed E-state index contributed by atoms with van der Waals surface area (Å²) in [7, 11) is 1.31. The van der Waals surface area contributed by atoms with Gasteiger partial charge in [-0.25, -0.2) is 9.59 Å². The van der Waals surface area contributed by atoms with Gasteiger partial charge >= 0.3 is 12.1 Å². The summed E-state index contributed by atoms with van der Waals surface area (Å²) in [5.41, 5.74) is 0.841. The van der Waals surface area contributed by atoms with Gasteiger partial charge in [-0.05, 0) is 12.0 Å². The summed E-state index contributed by atoms with van der Waals surface area (Å²) in [5.74, 6) is -1.24. The standard InChI is InChI=1S/C17H25NO5/c1-3-4-6-11-15(12-19)16(20)23-18(2)17(21)22-13-14-9-7-5-8-10-14/h5,7-10,15,19H,3-4,6,11-13H2,1-2H3. The Hall–Kier alpha value is -2.08. The van der Waals surface area contributed by atoms with Crippen molar-refractivity contribution in [1.29, 1.82) is 0 Å². The molecule has 1 amide bonds. The molecule has 0 bridgehead atoms. The summed E-state index contributed by atoms with van der Waals surface area (Å²) in [4.78, 5) is 28.7. The number of carbonyl (C=O) groups excluding carboxylic acids is 2. The Bertz CT molecular complexity index is 477. The lowest BCUT2D eigenvalue weighted by molar-refractivity contribution is -0.183. The van der Waals surface area contributed by atoms with E-state index in [9.17, 15) is 14.7 Å². The lowest BCUT2D eigenvalue weighted by Crippen LogP contribution is -2.34. The van der Waals surface area contributed by atoms with E-state index in [-0.39, 0.29) is 13.2 Å². The predicted octanol–water partition coefficient (Wildman–Crippen LogP) is 2.90. The number of hydrogen-bond donors (Lipinski definition) is 1. The van der Waals surface area contributed by atoms with Gasteiger partial charge in [0.2, 0.25) is 0 Å². The third-order valence-electron chi connectivity index (χ3n) is 3.40. The van der Waals surface area contributed by atoms with Crippen molar-refractivity contribution in [2.75, 3.05) is 13.7 Å². The van der Waals surface area contributed by atoms with Crippen LogP contribution in [0.2, 0.25) is 0 Å². The Balaban J connectivity index is 2.38. The Labute approximate surface area is 137 Å². The molecular weight excluding hydrogens is 298 g/mol. The molecule has 0 aromatic heterocycles. The molecule has 128 valence electrons. The Morgan fingerprint density at radius 1 is 1.22 bits per heavy atom. The molecule has 1 aromatic carbocycles. The summed E-state index contributed by atoms with van der Waals surface area (Å²) in [6, 6.07) is 9.21. The number of carbonyl (C=O) groups is 2. The van der Waals surface area contributed by atoms with Crippen LogP contribution in [0.25, 0.3) is 0 Å². The topological polar surface area (TPSA) is 76.1 Å². The highest BCUT2D eigenvalue weighted by Crippen LogP contribution is 2.12. The molecule has 0 aliphatic heterocycles. The van der Waals surface area contributed by atoms with E-state index in [0.29, 0.717) is 6.42 Å². The zero-order valence-electron chi connectivity index (χ0n) is 13.7. The zero-order valence-corrected chi connectivity index (χ0v) is 13.7. The number of unbranched alkanes of at least 4 members (excludes halogenated alkanes) is 2. The maximum absolute atomic E-state index is 11.9. The highest BCUT2D eigenvalue weighted by Gasteiger charge is 2.23. The molecule has 1 rings (SSSR count). The van der Waals surface area contributed by atoms with Crippen LogP contribution in [-0.2, 0) is 21.0 Å². The fourth-order valence-corrected chi connectivity index (χ4v) is 1.98. The van der Waals surface area contributed by atoms with Gasteiger partial charge in [-0.2, -0.15) is 0 Å². The van der Waals surface area contributed by atoms with Gasteiger partial charge in [0, 0.05) is 0 Å².